The molecule has 0 saturated carbocycles. The third-order valence-corrected chi connectivity index (χ3v) is 3.85. The zero-order valence-electron chi connectivity index (χ0n) is 9.84. The Kier molecular flexibility index (Phi) is 4.73. The van der Waals surface area contributed by atoms with Gasteiger partial charge in [-0.2, -0.15) is 0 Å². The quantitative estimate of drug-likeness (QED) is 0.645. The van der Waals surface area contributed by atoms with Crippen LogP contribution in [0.5, 0.6) is 0 Å². The summed E-state index contributed by atoms with van der Waals surface area (Å²) < 4.78 is 0. The molecule has 18 heavy (non-hydrogen) atoms. The monoisotopic (exact) mass is 275 g/mol. The zero-order valence-corrected chi connectivity index (χ0v) is 11.4. The highest BCUT2D eigenvalue weighted by atomic mass is 35.5. The van der Waals surface area contributed by atoms with Crippen molar-refractivity contribution >= 4 is 35.1 Å². The molecule has 0 aliphatic carbocycles. The van der Waals surface area contributed by atoms with Gasteiger partial charge in [0, 0.05) is 16.3 Å². The summed E-state index contributed by atoms with van der Waals surface area (Å²) in [6.07, 6.45) is 4.23. The number of hydrogen-bond acceptors (Lipinski definition) is 2. The summed E-state index contributed by atoms with van der Waals surface area (Å²) in [7, 11) is 0. The lowest BCUT2D eigenvalue weighted by Gasteiger charge is -2.02. The van der Waals surface area contributed by atoms with E-state index in [-0.39, 0.29) is 0 Å². The van der Waals surface area contributed by atoms with Gasteiger partial charge in [-0.1, -0.05) is 54.1 Å². The highest BCUT2D eigenvalue weighted by Crippen LogP contribution is 2.29. The number of nitrogen functional groups attached to an aromatic ring is 1. The van der Waals surface area contributed by atoms with Gasteiger partial charge in [0.15, 0.2) is 0 Å². The summed E-state index contributed by atoms with van der Waals surface area (Å²) in [5, 5.41) is 0.752. The van der Waals surface area contributed by atoms with Crippen molar-refractivity contribution in [3.63, 3.8) is 0 Å². The van der Waals surface area contributed by atoms with E-state index in [1.165, 1.54) is 5.56 Å². The van der Waals surface area contributed by atoms with Gasteiger partial charge in [0.25, 0.3) is 0 Å². The maximum atomic E-state index is 6.09. The molecule has 2 N–H and O–H groups in total. The van der Waals surface area contributed by atoms with Crippen LogP contribution in [0, 0.1) is 0 Å². The van der Waals surface area contributed by atoms with E-state index in [2.05, 4.69) is 24.3 Å². The van der Waals surface area contributed by atoms with Gasteiger partial charge in [0.05, 0.1) is 5.02 Å². The van der Waals surface area contributed by atoms with E-state index in [0.29, 0.717) is 0 Å². The van der Waals surface area contributed by atoms with Crippen molar-refractivity contribution in [2.24, 2.45) is 0 Å². The Labute approximate surface area is 117 Å². The van der Waals surface area contributed by atoms with Crippen LogP contribution in [0.2, 0.25) is 5.02 Å². The predicted octanol–water partition coefficient (Wildman–Crippen LogP) is 4.73. The van der Waals surface area contributed by atoms with E-state index in [0.717, 1.165) is 21.4 Å². The number of rotatable bonds is 4. The summed E-state index contributed by atoms with van der Waals surface area (Å²) in [5.41, 5.74) is 7.68. The van der Waals surface area contributed by atoms with Crippen LogP contribution in [0.3, 0.4) is 0 Å². The third kappa shape index (κ3) is 3.83. The molecule has 0 aromatic heterocycles. The molecule has 0 amide bonds. The Morgan fingerprint density at radius 1 is 1.11 bits per heavy atom. The van der Waals surface area contributed by atoms with Crippen LogP contribution < -0.4 is 5.73 Å². The molecule has 2 aromatic carbocycles. The van der Waals surface area contributed by atoms with Gasteiger partial charge in [-0.05, 0) is 23.8 Å². The van der Waals surface area contributed by atoms with E-state index in [1.54, 1.807) is 11.8 Å². The van der Waals surface area contributed by atoms with E-state index < -0.39 is 0 Å². The van der Waals surface area contributed by atoms with Gasteiger partial charge in [0.2, 0.25) is 0 Å². The second-order valence-electron chi connectivity index (χ2n) is 3.81. The molecular weight excluding hydrogens is 262 g/mol. The number of nitrogens with two attached hydrogens (primary N) is 1. The van der Waals surface area contributed by atoms with Gasteiger partial charge >= 0.3 is 0 Å². The van der Waals surface area contributed by atoms with Gasteiger partial charge in [-0.3, -0.25) is 0 Å². The largest absolute Gasteiger partial charge is 0.399 e. The lowest BCUT2D eigenvalue weighted by molar-refractivity contribution is 1.46. The number of halogens is 1. The number of hydrogen-bond donors (Lipinski definition) is 1. The molecule has 0 atom stereocenters. The smallest absolute Gasteiger partial charge is 0.0543 e. The van der Waals surface area contributed by atoms with Gasteiger partial charge in [-0.25, -0.2) is 0 Å². The first-order valence-electron chi connectivity index (χ1n) is 5.65. The van der Waals surface area contributed by atoms with Crippen molar-refractivity contribution in [2.45, 2.75) is 4.90 Å². The summed E-state index contributed by atoms with van der Waals surface area (Å²) in [5.74, 6) is 0.873. The predicted molar refractivity (Wildman–Crippen MR) is 82.1 cm³/mol. The Balaban J connectivity index is 1.92. The molecule has 0 bridgehead atoms. The zero-order chi connectivity index (χ0) is 12.8. The minimum atomic E-state index is 0.744. The van der Waals surface area contributed by atoms with E-state index in [1.807, 2.05) is 36.4 Å². The Hall–Kier alpha value is -1.38. The van der Waals surface area contributed by atoms with Gasteiger partial charge < -0.3 is 5.73 Å². The van der Waals surface area contributed by atoms with Crippen molar-refractivity contribution in [2.75, 3.05) is 11.5 Å². The first-order chi connectivity index (χ1) is 8.75. The van der Waals surface area contributed by atoms with Crippen molar-refractivity contribution in [1.82, 2.24) is 0 Å². The minimum Gasteiger partial charge on any atom is -0.399 e. The minimum absolute atomic E-state index is 0.744. The lowest BCUT2D eigenvalue weighted by Crippen LogP contribution is -1.85. The average molecular weight is 276 g/mol. The molecule has 0 radical (unpaired) electrons. The molecule has 0 aliphatic heterocycles. The number of anilines is 1. The van der Waals surface area contributed by atoms with E-state index in [9.17, 15) is 0 Å². The van der Waals surface area contributed by atoms with E-state index >= 15 is 0 Å². The fourth-order valence-corrected chi connectivity index (χ4v) is 2.60. The van der Waals surface area contributed by atoms with Crippen molar-refractivity contribution in [3.8, 4) is 0 Å². The molecule has 0 spiro atoms. The number of thioether (sulfide) groups is 1. The second kappa shape index (κ2) is 6.53. The summed E-state index contributed by atoms with van der Waals surface area (Å²) in [6, 6.07) is 15.8. The Morgan fingerprint density at radius 3 is 2.67 bits per heavy atom. The maximum absolute atomic E-state index is 6.09. The molecule has 0 heterocycles. The van der Waals surface area contributed by atoms with E-state index in [4.69, 9.17) is 17.3 Å². The maximum Gasteiger partial charge on any atom is 0.0543 e. The fourth-order valence-electron chi connectivity index (χ4n) is 1.52. The molecule has 2 aromatic rings. The Bertz CT molecular complexity index is 537. The summed E-state index contributed by atoms with van der Waals surface area (Å²) >= 11 is 7.77. The van der Waals surface area contributed by atoms with Crippen molar-refractivity contribution in [1.29, 1.82) is 0 Å². The van der Waals surface area contributed by atoms with Crippen LogP contribution in [-0.4, -0.2) is 5.75 Å². The highest BCUT2D eigenvalue weighted by Gasteiger charge is 1.99. The van der Waals surface area contributed by atoms with Crippen LogP contribution in [-0.2, 0) is 0 Å². The van der Waals surface area contributed by atoms with Crippen LogP contribution in [0.4, 0.5) is 5.69 Å². The highest BCUT2D eigenvalue weighted by molar-refractivity contribution is 7.99. The molecule has 0 unspecified atom stereocenters. The van der Waals surface area contributed by atoms with Gasteiger partial charge in [-0.15, -0.1) is 11.8 Å². The molecule has 0 saturated heterocycles. The third-order valence-electron chi connectivity index (χ3n) is 2.40. The van der Waals surface area contributed by atoms with Crippen molar-refractivity contribution in [3.05, 3.63) is 65.2 Å². The topological polar surface area (TPSA) is 26.0 Å². The molecule has 3 heteroatoms. The standard InChI is InChI=1S/C15H14ClNS/c16-14-9-8-13(17)11-15(14)18-10-4-7-12-5-2-1-3-6-12/h1-9,11H,10,17H2. The van der Waals surface area contributed by atoms with Gasteiger partial charge in [0.1, 0.15) is 0 Å². The molecule has 0 aliphatic rings. The normalized spacial score (nSPS) is 10.9. The molecular formula is C15H14ClNS. The lowest BCUT2D eigenvalue weighted by atomic mass is 10.2. The first-order valence-corrected chi connectivity index (χ1v) is 7.01. The van der Waals surface area contributed by atoms with Crippen LogP contribution >= 0.6 is 23.4 Å². The number of benzene rings is 2. The Morgan fingerprint density at radius 2 is 1.89 bits per heavy atom. The fraction of sp³-hybridized carbons (Fsp3) is 0.0667. The van der Waals surface area contributed by atoms with Crippen molar-refractivity contribution < 1.29 is 0 Å². The average Bonchev–Trinajstić information content (AvgIpc) is 2.40. The summed E-state index contributed by atoms with van der Waals surface area (Å²) in [6.45, 7) is 0. The van der Waals surface area contributed by atoms with Crippen LogP contribution in [0.15, 0.2) is 59.5 Å². The molecule has 2 rings (SSSR count). The first kappa shape index (κ1) is 13.1. The second-order valence-corrected chi connectivity index (χ2v) is 5.28. The van der Waals surface area contributed by atoms with Crippen LogP contribution in [0.1, 0.15) is 5.56 Å². The molecule has 0 fully saturated rings. The molecule has 92 valence electrons. The molecule has 1 nitrogen and oxygen atoms in total. The SMILES string of the molecule is Nc1ccc(Cl)c(SCC=Cc2ccccc2)c1. The van der Waals surface area contributed by atoms with Crippen LogP contribution in [0.25, 0.3) is 6.08 Å². The summed E-state index contributed by atoms with van der Waals surface area (Å²) in [4.78, 5) is 1.02.